The second kappa shape index (κ2) is 6.13. The van der Waals surface area contributed by atoms with Crippen LogP contribution in [0.2, 0.25) is 0 Å². The summed E-state index contributed by atoms with van der Waals surface area (Å²) in [7, 11) is 0. The lowest BCUT2D eigenvalue weighted by Crippen LogP contribution is -2.26. The highest BCUT2D eigenvalue weighted by Crippen LogP contribution is 2.27. The maximum absolute atomic E-state index is 13.1. The standard InChI is InChI=1S/C16H14FN3O3/c1-9-14-12(15(22)18-6-7-21)8-13(19-16(14)23-20-9)10-2-4-11(17)5-3-10/h2-5,8,21H,6-7H2,1H3,(H,18,22). The zero-order valence-electron chi connectivity index (χ0n) is 12.3. The average molecular weight is 315 g/mol. The lowest BCUT2D eigenvalue weighted by atomic mass is 10.1. The molecule has 0 fully saturated rings. The zero-order chi connectivity index (χ0) is 16.4. The maximum Gasteiger partial charge on any atom is 0.259 e. The summed E-state index contributed by atoms with van der Waals surface area (Å²) in [6, 6.07) is 7.38. The summed E-state index contributed by atoms with van der Waals surface area (Å²) in [5, 5.41) is 15.8. The van der Waals surface area contributed by atoms with Gasteiger partial charge in [-0.25, -0.2) is 9.37 Å². The topological polar surface area (TPSA) is 88.2 Å². The smallest absolute Gasteiger partial charge is 0.259 e. The molecule has 7 heteroatoms. The van der Waals surface area contributed by atoms with Crippen molar-refractivity contribution in [2.75, 3.05) is 13.2 Å². The van der Waals surface area contributed by atoms with Crippen molar-refractivity contribution in [2.45, 2.75) is 6.92 Å². The third kappa shape index (κ3) is 2.91. The van der Waals surface area contributed by atoms with Gasteiger partial charge in [0.05, 0.1) is 28.9 Å². The average Bonchev–Trinajstić information content (AvgIpc) is 2.94. The quantitative estimate of drug-likeness (QED) is 0.769. The third-order valence-electron chi connectivity index (χ3n) is 3.40. The SMILES string of the molecule is Cc1noc2nc(-c3ccc(F)cc3)cc(C(=O)NCCO)c12. The fourth-order valence-electron chi connectivity index (χ4n) is 2.31. The number of carbonyl (C=O) groups is 1. The van der Waals surface area contributed by atoms with E-state index in [1.54, 1.807) is 25.1 Å². The van der Waals surface area contributed by atoms with E-state index in [0.29, 0.717) is 27.9 Å². The molecular weight excluding hydrogens is 301 g/mol. The van der Waals surface area contributed by atoms with E-state index in [0.717, 1.165) is 0 Å². The number of aromatic nitrogens is 2. The Morgan fingerprint density at radius 3 is 2.78 bits per heavy atom. The molecule has 6 nitrogen and oxygen atoms in total. The van der Waals surface area contributed by atoms with E-state index < -0.39 is 0 Å². The van der Waals surface area contributed by atoms with Crippen molar-refractivity contribution in [3.63, 3.8) is 0 Å². The first-order valence-corrected chi connectivity index (χ1v) is 7.02. The van der Waals surface area contributed by atoms with Crippen LogP contribution in [0.3, 0.4) is 0 Å². The van der Waals surface area contributed by atoms with Crippen LogP contribution in [0.15, 0.2) is 34.9 Å². The van der Waals surface area contributed by atoms with E-state index in [9.17, 15) is 9.18 Å². The van der Waals surface area contributed by atoms with E-state index in [2.05, 4.69) is 15.5 Å². The van der Waals surface area contributed by atoms with Gasteiger partial charge in [0.25, 0.3) is 11.6 Å². The van der Waals surface area contributed by atoms with Crippen molar-refractivity contribution in [1.29, 1.82) is 0 Å². The molecule has 0 spiro atoms. The number of amides is 1. The fourth-order valence-corrected chi connectivity index (χ4v) is 2.31. The number of rotatable bonds is 4. The Balaban J connectivity index is 2.14. The number of aryl methyl sites for hydroxylation is 1. The number of hydrogen-bond donors (Lipinski definition) is 2. The maximum atomic E-state index is 13.1. The minimum absolute atomic E-state index is 0.138. The summed E-state index contributed by atoms with van der Waals surface area (Å²) in [6.07, 6.45) is 0. The van der Waals surface area contributed by atoms with Crippen molar-refractivity contribution >= 4 is 17.0 Å². The first kappa shape index (κ1) is 15.1. The minimum atomic E-state index is -0.360. The van der Waals surface area contributed by atoms with Crippen LogP contribution in [0.1, 0.15) is 16.1 Å². The van der Waals surface area contributed by atoms with Gasteiger partial charge >= 0.3 is 0 Å². The van der Waals surface area contributed by atoms with Crippen molar-refractivity contribution in [1.82, 2.24) is 15.5 Å². The van der Waals surface area contributed by atoms with Crippen LogP contribution in [0.5, 0.6) is 0 Å². The van der Waals surface area contributed by atoms with Gasteiger partial charge in [0.1, 0.15) is 5.82 Å². The van der Waals surface area contributed by atoms with E-state index in [1.165, 1.54) is 12.1 Å². The number of benzene rings is 1. The van der Waals surface area contributed by atoms with E-state index >= 15 is 0 Å². The van der Waals surface area contributed by atoms with Crippen LogP contribution in [0.25, 0.3) is 22.4 Å². The molecule has 0 saturated heterocycles. The summed E-state index contributed by atoms with van der Waals surface area (Å²) < 4.78 is 18.2. The number of nitrogens with one attached hydrogen (secondary N) is 1. The Kier molecular flexibility index (Phi) is 4.03. The number of nitrogens with zero attached hydrogens (tertiary/aromatic N) is 2. The molecular formula is C16H14FN3O3. The van der Waals surface area contributed by atoms with Gasteiger partial charge in [0.15, 0.2) is 0 Å². The molecule has 2 N–H and O–H groups in total. The van der Waals surface area contributed by atoms with Crippen LogP contribution < -0.4 is 5.32 Å². The molecule has 118 valence electrons. The third-order valence-corrected chi connectivity index (χ3v) is 3.40. The number of aliphatic hydroxyl groups is 1. The van der Waals surface area contributed by atoms with Gasteiger partial charge in [-0.05, 0) is 37.3 Å². The number of pyridine rings is 1. The lowest BCUT2D eigenvalue weighted by molar-refractivity contribution is 0.0946. The van der Waals surface area contributed by atoms with E-state index in [1.807, 2.05) is 0 Å². The summed E-state index contributed by atoms with van der Waals surface area (Å²) in [6.45, 7) is 1.69. The molecule has 2 aromatic heterocycles. The monoisotopic (exact) mass is 315 g/mol. The molecule has 2 heterocycles. The van der Waals surface area contributed by atoms with Crippen molar-refractivity contribution in [3.05, 3.63) is 47.4 Å². The predicted molar refractivity (Wildman–Crippen MR) is 81.4 cm³/mol. The van der Waals surface area contributed by atoms with Crippen LogP contribution in [-0.2, 0) is 0 Å². The highest BCUT2D eigenvalue weighted by molar-refractivity contribution is 6.06. The summed E-state index contributed by atoms with van der Waals surface area (Å²) in [5.41, 5.74) is 2.26. The Morgan fingerprint density at radius 2 is 2.09 bits per heavy atom. The number of aliphatic hydroxyl groups excluding tert-OH is 1. The lowest BCUT2D eigenvalue weighted by Gasteiger charge is -2.07. The van der Waals surface area contributed by atoms with Gasteiger partial charge in [-0.1, -0.05) is 5.16 Å². The highest BCUT2D eigenvalue weighted by Gasteiger charge is 2.19. The molecule has 0 aliphatic carbocycles. The van der Waals surface area contributed by atoms with Crippen molar-refractivity contribution in [3.8, 4) is 11.3 Å². The molecule has 0 aliphatic heterocycles. The molecule has 3 rings (SSSR count). The van der Waals surface area contributed by atoms with Crippen LogP contribution in [0, 0.1) is 12.7 Å². The number of carbonyl (C=O) groups excluding carboxylic acids is 1. The Labute approximate surface area is 130 Å². The van der Waals surface area contributed by atoms with E-state index in [-0.39, 0.29) is 30.6 Å². The summed E-state index contributed by atoms with van der Waals surface area (Å²) >= 11 is 0. The Hall–Kier alpha value is -2.80. The van der Waals surface area contributed by atoms with Gasteiger partial charge in [0.2, 0.25) is 0 Å². The molecule has 0 bridgehead atoms. The number of halogens is 1. The number of fused-ring (bicyclic) bond motifs is 1. The molecule has 0 saturated carbocycles. The Morgan fingerprint density at radius 1 is 1.35 bits per heavy atom. The molecule has 0 unspecified atom stereocenters. The molecule has 3 aromatic rings. The summed E-state index contributed by atoms with van der Waals surface area (Å²) in [5.74, 6) is -0.715. The van der Waals surface area contributed by atoms with Crippen molar-refractivity contribution < 1.29 is 18.8 Å². The van der Waals surface area contributed by atoms with Gasteiger partial charge < -0.3 is 14.9 Å². The number of hydrogen-bond acceptors (Lipinski definition) is 5. The second-order valence-corrected chi connectivity index (χ2v) is 4.99. The van der Waals surface area contributed by atoms with Gasteiger partial charge in [-0.3, -0.25) is 4.79 Å². The van der Waals surface area contributed by atoms with Crippen LogP contribution >= 0.6 is 0 Å². The fraction of sp³-hybridized carbons (Fsp3) is 0.188. The molecule has 0 aliphatic rings. The summed E-state index contributed by atoms with van der Waals surface area (Å²) in [4.78, 5) is 16.7. The molecule has 0 radical (unpaired) electrons. The van der Waals surface area contributed by atoms with Gasteiger partial charge in [-0.2, -0.15) is 0 Å². The molecule has 1 amide bonds. The predicted octanol–water partition coefficient (Wildman–Crippen LogP) is 2.06. The largest absolute Gasteiger partial charge is 0.395 e. The second-order valence-electron chi connectivity index (χ2n) is 4.99. The van der Waals surface area contributed by atoms with Gasteiger partial charge in [-0.15, -0.1) is 0 Å². The molecule has 0 atom stereocenters. The molecule has 23 heavy (non-hydrogen) atoms. The highest BCUT2D eigenvalue weighted by atomic mass is 19.1. The Bertz CT molecular complexity index is 859. The first-order chi connectivity index (χ1) is 11.1. The van der Waals surface area contributed by atoms with Gasteiger partial charge in [0, 0.05) is 12.1 Å². The van der Waals surface area contributed by atoms with Crippen LogP contribution in [0.4, 0.5) is 4.39 Å². The van der Waals surface area contributed by atoms with Crippen LogP contribution in [-0.4, -0.2) is 34.3 Å². The molecule has 1 aromatic carbocycles. The van der Waals surface area contributed by atoms with E-state index in [4.69, 9.17) is 9.63 Å². The van der Waals surface area contributed by atoms with Crippen molar-refractivity contribution in [2.24, 2.45) is 0 Å². The zero-order valence-corrected chi connectivity index (χ0v) is 12.3. The normalized spacial score (nSPS) is 10.9. The minimum Gasteiger partial charge on any atom is -0.395 e. The first-order valence-electron chi connectivity index (χ1n) is 7.02.